The topological polar surface area (TPSA) is 93.8 Å². The lowest BCUT2D eigenvalue weighted by molar-refractivity contribution is -0.126. The van der Waals surface area contributed by atoms with E-state index in [1.165, 1.54) is 11.8 Å². The first-order chi connectivity index (χ1) is 12.6. The zero-order valence-corrected chi connectivity index (χ0v) is 15.1. The van der Waals surface area contributed by atoms with Crippen LogP contribution in [0.3, 0.4) is 0 Å². The summed E-state index contributed by atoms with van der Waals surface area (Å²) in [4.78, 5) is 24.9. The second-order valence-electron chi connectivity index (χ2n) is 6.66. The first kappa shape index (κ1) is 18.2. The lowest BCUT2D eigenvalue weighted by Gasteiger charge is -2.43. The van der Waals surface area contributed by atoms with Gasteiger partial charge in [-0.15, -0.1) is 0 Å². The summed E-state index contributed by atoms with van der Waals surface area (Å²) < 4.78 is 0. The van der Waals surface area contributed by atoms with E-state index >= 15 is 0 Å². The Labute approximate surface area is 157 Å². The van der Waals surface area contributed by atoms with Crippen LogP contribution in [0, 0.1) is 34.0 Å². The molecule has 1 N–H and O–H groups in total. The molecule has 0 unspecified atom stereocenters. The van der Waals surface area contributed by atoms with Crippen molar-refractivity contribution in [3.63, 3.8) is 0 Å². The van der Waals surface area contributed by atoms with Crippen molar-refractivity contribution in [1.29, 1.82) is 10.5 Å². The zero-order chi connectivity index (χ0) is 18.6. The number of benzene rings is 1. The van der Waals surface area contributed by atoms with Gasteiger partial charge in [-0.3, -0.25) is 9.59 Å². The molecule has 1 saturated carbocycles. The van der Waals surface area contributed by atoms with E-state index in [4.69, 9.17) is 0 Å². The van der Waals surface area contributed by atoms with Crippen LogP contribution in [0.5, 0.6) is 0 Å². The van der Waals surface area contributed by atoms with E-state index in [9.17, 15) is 20.1 Å². The second-order valence-corrected chi connectivity index (χ2v) is 7.65. The lowest BCUT2D eigenvalue weighted by atomic mass is 9.61. The highest BCUT2D eigenvalue weighted by Crippen LogP contribution is 2.51. The largest absolute Gasteiger partial charge is 0.319 e. The minimum absolute atomic E-state index is 0.0604. The van der Waals surface area contributed by atoms with Crippen molar-refractivity contribution in [2.45, 2.75) is 32.1 Å². The monoisotopic (exact) mass is 365 g/mol. The summed E-state index contributed by atoms with van der Waals surface area (Å²) in [5, 5.41) is 22.5. The molecule has 0 radical (unpaired) electrons. The van der Waals surface area contributed by atoms with E-state index in [1.54, 1.807) is 24.3 Å². The number of hydrogen-bond donors (Lipinski definition) is 1. The Morgan fingerprint density at radius 1 is 1.19 bits per heavy atom. The fourth-order valence-corrected chi connectivity index (χ4v) is 4.90. The van der Waals surface area contributed by atoms with Crippen LogP contribution in [0.15, 0.2) is 40.9 Å². The lowest BCUT2D eigenvalue weighted by Crippen LogP contribution is -2.48. The summed E-state index contributed by atoms with van der Waals surface area (Å²) in [5.74, 6) is -1.12. The standard InChI is InChI=1S/C20H19N3O2S/c21-11-15-18(25)23-19(16(12-22)20(15)9-5-2-6-10-20)26-13-17(24)14-7-3-1-4-8-14/h1,3-4,7-8,15H,2,5-6,9-10,13H2,(H,23,25)/t15-/m0/s1. The highest BCUT2D eigenvalue weighted by Gasteiger charge is 2.51. The van der Waals surface area contributed by atoms with E-state index < -0.39 is 11.3 Å². The van der Waals surface area contributed by atoms with Gasteiger partial charge >= 0.3 is 0 Å². The molecule has 5 nitrogen and oxygen atoms in total. The maximum Gasteiger partial charge on any atom is 0.243 e. The van der Waals surface area contributed by atoms with Gasteiger partial charge in [0.1, 0.15) is 5.92 Å². The predicted octanol–water partition coefficient (Wildman–Crippen LogP) is 3.56. The Kier molecular flexibility index (Phi) is 5.44. The molecule has 1 aromatic carbocycles. The number of nitrogens with zero attached hydrogens (tertiary/aromatic N) is 2. The Bertz CT molecular complexity index is 827. The molecule has 0 saturated heterocycles. The number of hydrogen-bond acceptors (Lipinski definition) is 5. The van der Waals surface area contributed by atoms with Crippen molar-refractivity contribution in [2.75, 3.05) is 5.75 Å². The van der Waals surface area contributed by atoms with Gasteiger partial charge in [-0.05, 0) is 12.8 Å². The fourth-order valence-electron chi connectivity index (χ4n) is 3.89. The van der Waals surface area contributed by atoms with Gasteiger partial charge in [-0.2, -0.15) is 10.5 Å². The molecule has 1 aromatic rings. The van der Waals surface area contributed by atoms with E-state index in [1.807, 2.05) is 6.07 Å². The molecule has 1 heterocycles. The van der Waals surface area contributed by atoms with Crippen LogP contribution in [-0.4, -0.2) is 17.4 Å². The van der Waals surface area contributed by atoms with Gasteiger partial charge < -0.3 is 5.32 Å². The molecule has 2 aliphatic rings. The van der Waals surface area contributed by atoms with Crippen LogP contribution in [0.1, 0.15) is 42.5 Å². The van der Waals surface area contributed by atoms with E-state index in [2.05, 4.69) is 17.5 Å². The number of carbonyl (C=O) groups excluding carboxylic acids is 2. The Morgan fingerprint density at radius 3 is 2.50 bits per heavy atom. The van der Waals surface area contributed by atoms with Gasteiger partial charge in [-0.1, -0.05) is 61.4 Å². The molecular formula is C20H19N3O2S. The molecule has 1 amide bonds. The molecule has 1 atom stereocenters. The molecular weight excluding hydrogens is 346 g/mol. The smallest absolute Gasteiger partial charge is 0.243 e. The summed E-state index contributed by atoms with van der Waals surface area (Å²) in [6, 6.07) is 13.3. The van der Waals surface area contributed by atoms with Crippen LogP contribution < -0.4 is 5.32 Å². The first-order valence-corrected chi connectivity index (χ1v) is 9.67. The third-order valence-electron chi connectivity index (χ3n) is 5.21. The third kappa shape index (κ3) is 3.25. The molecule has 1 spiro atoms. The minimum Gasteiger partial charge on any atom is -0.319 e. The van der Waals surface area contributed by atoms with Crippen LogP contribution in [-0.2, 0) is 4.79 Å². The molecule has 132 valence electrons. The highest BCUT2D eigenvalue weighted by molar-refractivity contribution is 8.03. The van der Waals surface area contributed by atoms with Crippen molar-refractivity contribution in [3.05, 3.63) is 46.5 Å². The van der Waals surface area contributed by atoms with Crippen molar-refractivity contribution in [3.8, 4) is 12.1 Å². The van der Waals surface area contributed by atoms with E-state index in [0.29, 0.717) is 29.0 Å². The number of nitrogens with one attached hydrogen (secondary N) is 1. The number of thioether (sulfide) groups is 1. The number of amides is 1. The molecule has 3 rings (SSSR count). The molecule has 26 heavy (non-hydrogen) atoms. The van der Waals surface area contributed by atoms with Gasteiger partial charge in [0, 0.05) is 11.0 Å². The van der Waals surface area contributed by atoms with Crippen LogP contribution in [0.2, 0.25) is 0 Å². The quantitative estimate of drug-likeness (QED) is 0.824. The highest BCUT2D eigenvalue weighted by atomic mass is 32.2. The van der Waals surface area contributed by atoms with Crippen molar-refractivity contribution in [1.82, 2.24) is 5.32 Å². The number of nitriles is 2. The molecule has 1 fully saturated rings. The average Bonchev–Trinajstić information content (AvgIpc) is 2.67. The maximum absolute atomic E-state index is 12.5. The second kappa shape index (κ2) is 7.76. The molecule has 0 aromatic heterocycles. The van der Waals surface area contributed by atoms with Crippen LogP contribution >= 0.6 is 11.8 Å². The maximum atomic E-state index is 12.5. The van der Waals surface area contributed by atoms with Crippen molar-refractivity contribution in [2.24, 2.45) is 11.3 Å². The average molecular weight is 365 g/mol. The number of allylic oxidation sites excluding steroid dienone is 1. The number of rotatable bonds is 4. The summed E-state index contributed by atoms with van der Waals surface area (Å²) in [6.45, 7) is 0. The zero-order valence-electron chi connectivity index (χ0n) is 14.3. The van der Waals surface area contributed by atoms with E-state index in [-0.39, 0.29) is 17.4 Å². The molecule has 6 heteroatoms. The van der Waals surface area contributed by atoms with Crippen molar-refractivity contribution < 1.29 is 9.59 Å². The SMILES string of the molecule is N#CC1=C(SCC(=O)c2ccccc2)NC(=O)[C@H](C#N)C12CCCCC2. The summed E-state index contributed by atoms with van der Waals surface area (Å²) >= 11 is 1.18. The Hall–Kier alpha value is -2.57. The number of Topliss-reactive ketones (excluding diaryl/α,β-unsaturated/α-hetero) is 1. The predicted molar refractivity (Wildman–Crippen MR) is 98.6 cm³/mol. The van der Waals surface area contributed by atoms with E-state index in [0.717, 1.165) is 19.3 Å². The van der Waals surface area contributed by atoms with Gasteiger partial charge in [0.2, 0.25) is 5.91 Å². The Morgan fingerprint density at radius 2 is 1.88 bits per heavy atom. The number of carbonyl (C=O) groups is 2. The van der Waals surface area contributed by atoms with Gasteiger partial charge in [-0.25, -0.2) is 0 Å². The van der Waals surface area contributed by atoms with Crippen LogP contribution in [0.25, 0.3) is 0 Å². The molecule has 1 aliphatic carbocycles. The van der Waals surface area contributed by atoms with Crippen molar-refractivity contribution >= 4 is 23.5 Å². The van der Waals surface area contributed by atoms with Gasteiger partial charge in [0.15, 0.2) is 5.78 Å². The third-order valence-corrected chi connectivity index (χ3v) is 6.21. The molecule has 1 aliphatic heterocycles. The normalized spacial score (nSPS) is 21.6. The summed E-state index contributed by atoms with van der Waals surface area (Å²) in [7, 11) is 0. The fraction of sp³-hybridized carbons (Fsp3) is 0.400. The van der Waals surface area contributed by atoms with Gasteiger partial charge in [0.25, 0.3) is 0 Å². The Balaban J connectivity index is 1.89. The van der Waals surface area contributed by atoms with Crippen LogP contribution in [0.4, 0.5) is 0 Å². The summed E-state index contributed by atoms with van der Waals surface area (Å²) in [5.41, 5.74) is 0.361. The number of ketones is 1. The summed E-state index contributed by atoms with van der Waals surface area (Å²) in [6.07, 6.45) is 4.18. The first-order valence-electron chi connectivity index (χ1n) is 8.69. The minimum atomic E-state index is -0.841. The molecule has 0 bridgehead atoms. The van der Waals surface area contributed by atoms with Gasteiger partial charge in [0.05, 0.1) is 28.5 Å².